The minimum absolute atomic E-state index is 0.219. The molecule has 0 spiro atoms. The molecule has 1 aromatic carbocycles. The molecule has 0 fully saturated rings. The lowest BCUT2D eigenvalue weighted by Gasteiger charge is -2.10. The third-order valence-electron chi connectivity index (χ3n) is 1.58. The molecule has 0 amide bonds. The van der Waals surface area contributed by atoms with Crippen molar-refractivity contribution in [3.8, 4) is 11.5 Å². The van der Waals surface area contributed by atoms with Gasteiger partial charge in [-0.25, -0.2) is 0 Å². The fraction of sp³-hybridized carbons (Fsp3) is 0.333. The highest BCUT2D eigenvalue weighted by Crippen LogP contribution is 2.32. The second-order valence-corrected chi connectivity index (χ2v) is 2.38. The minimum atomic E-state index is 0.219. The molecule has 3 nitrogen and oxygen atoms in total. The normalized spacial score (nSPS) is 9.50. The van der Waals surface area contributed by atoms with Crippen LogP contribution in [0, 0.1) is 0 Å². The number of methoxy groups -OCH3 is 1. The number of hydrogen-bond acceptors (Lipinski definition) is 3. The predicted octanol–water partition coefficient (Wildman–Crippen LogP) is 1.83. The van der Waals surface area contributed by atoms with Gasteiger partial charge in [0.2, 0.25) is 0 Å². The quantitative estimate of drug-likeness (QED) is 0.675. The molecule has 0 unspecified atom stereocenters. The second-order valence-electron chi connectivity index (χ2n) is 2.38. The number of anilines is 1. The van der Waals surface area contributed by atoms with Crippen LogP contribution in [-0.2, 0) is 0 Å². The first-order chi connectivity index (χ1) is 5.79. The van der Waals surface area contributed by atoms with Crippen LogP contribution in [0.1, 0.15) is 6.92 Å². The highest BCUT2D eigenvalue weighted by atomic mass is 16.5. The number of hydrogen-bond donors (Lipinski definition) is 2. The molecule has 0 atom stereocenters. The third-order valence-corrected chi connectivity index (χ3v) is 1.58. The Morgan fingerprint density at radius 3 is 2.83 bits per heavy atom. The van der Waals surface area contributed by atoms with Gasteiger partial charge in [0.25, 0.3) is 0 Å². The summed E-state index contributed by atoms with van der Waals surface area (Å²) in [6.45, 7) is 2.72. The number of benzene rings is 1. The lowest BCUT2D eigenvalue weighted by molar-refractivity contribution is 0.410. The number of rotatable bonds is 3. The summed E-state index contributed by atoms with van der Waals surface area (Å²) in [5.74, 6) is 0.882. The van der Waals surface area contributed by atoms with Crippen molar-refractivity contribution in [3.63, 3.8) is 0 Å². The Morgan fingerprint density at radius 1 is 1.50 bits per heavy atom. The highest BCUT2D eigenvalue weighted by Gasteiger charge is 2.05. The van der Waals surface area contributed by atoms with Gasteiger partial charge in [-0.2, -0.15) is 0 Å². The number of phenolic OH excluding ortho intramolecular Hbond substituents is 1. The van der Waals surface area contributed by atoms with Gasteiger partial charge in [0.1, 0.15) is 17.2 Å². The number of phenols is 1. The van der Waals surface area contributed by atoms with Crippen LogP contribution >= 0.6 is 0 Å². The zero-order valence-electron chi connectivity index (χ0n) is 7.29. The summed E-state index contributed by atoms with van der Waals surface area (Å²) < 4.78 is 5.06. The van der Waals surface area contributed by atoms with E-state index in [1.54, 1.807) is 25.3 Å². The Labute approximate surface area is 72.0 Å². The molecule has 0 saturated heterocycles. The maximum Gasteiger partial charge on any atom is 0.145 e. The smallest absolute Gasteiger partial charge is 0.145 e. The Hall–Kier alpha value is -1.38. The monoisotopic (exact) mass is 167 g/mol. The molecule has 0 radical (unpaired) electrons. The van der Waals surface area contributed by atoms with Gasteiger partial charge in [-0.1, -0.05) is 6.07 Å². The van der Waals surface area contributed by atoms with Crippen LogP contribution in [0.15, 0.2) is 18.2 Å². The van der Waals surface area contributed by atoms with E-state index in [-0.39, 0.29) is 5.75 Å². The maximum absolute atomic E-state index is 9.41. The van der Waals surface area contributed by atoms with E-state index < -0.39 is 0 Å². The molecule has 3 heteroatoms. The molecule has 0 aliphatic heterocycles. The van der Waals surface area contributed by atoms with Gasteiger partial charge >= 0.3 is 0 Å². The van der Waals surface area contributed by atoms with Crippen molar-refractivity contribution < 1.29 is 9.84 Å². The van der Waals surface area contributed by atoms with Crippen LogP contribution in [0.25, 0.3) is 0 Å². The molecule has 0 bridgehead atoms. The summed E-state index contributed by atoms with van der Waals surface area (Å²) in [6, 6.07) is 5.17. The largest absolute Gasteiger partial charge is 0.506 e. The number of aromatic hydroxyl groups is 1. The van der Waals surface area contributed by atoms with Gasteiger partial charge in [0.05, 0.1) is 7.11 Å². The summed E-state index contributed by atoms with van der Waals surface area (Å²) in [6.07, 6.45) is 0. The third kappa shape index (κ3) is 1.61. The van der Waals surface area contributed by atoms with Crippen molar-refractivity contribution in [2.24, 2.45) is 0 Å². The first-order valence-corrected chi connectivity index (χ1v) is 3.89. The van der Waals surface area contributed by atoms with Gasteiger partial charge in [-0.15, -0.1) is 0 Å². The standard InChI is InChI=1S/C9H13NO2/c1-3-10-9-7(11)5-4-6-8(9)12-2/h4-6,10-11H,3H2,1-2H3. The van der Waals surface area contributed by atoms with Crippen molar-refractivity contribution in [2.75, 3.05) is 19.0 Å². The van der Waals surface area contributed by atoms with E-state index in [9.17, 15) is 5.11 Å². The van der Waals surface area contributed by atoms with Crippen LogP contribution < -0.4 is 10.1 Å². The Balaban J connectivity index is 3.02. The molecular formula is C9H13NO2. The molecule has 1 aromatic rings. The van der Waals surface area contributed by atoms with Crippen LogP contribution in [-0.4, -0.2) is 18.8 Å². The Bertz CT molecular complexity index is 261. The number of ether oxygens (including phenoxy) is 1. The Morgan fingerprint density at radius 2 is 2.25 bits per heavy atom. The average molecular weight is 167 g/mol. The molecule has 0 aromatic heterocycles. The molecule has 0 saturated carbocycles. The molecule has 1 rings (SSSR count). The van der Waals surface area contributed by atoms with E-state index in [0.717, 1.165) is 6.54 Å². The summed E-state index contributed by atoms with van der Waals surface area (Å²) in [5.41, 5.74) is 0.655. The molecule has 0 aliphatic carbocycles. The molecular weight excluding hydrogens is 154 g/mol. The van der Waals surface area contributed by atoms with Crippen molar-refractivity contribution in [1.82, 2.24) is 0 Å². The average Bonchev–Trinajstić information content (AvgIpc) is 2.09. The van der Waals surface area contributed by atoms with E-state index in [2.05, 4.69) is 5.32 Å². The van der Waals surface area contributed by atoms with Gasteiger partial charge < -0.3 is 15.2 Å². The fourth-order valence-electron chi connectivity index (χ4n) is 1.04. The lowest BCUT2D eigenvalue weighted by Crippen LogP contribution is -1.99. The van der Waals surface area contributed by atoms with Crippen molar-refractivity contribution in [3.05, 3.63) is 18.2 Å². The lowest BCUT2D eigenvalue weighted by atomic mass is 10.2. The molecule has 2 N–H and O–H groups in total. The van der Waals surface area contributed by atoms with Gasteiger partial charge in [0.15, 0.2) is 0 Å². The van der Waals surface area contributed by atoms with Gasteiger partial charge in [-0.3, -0.25) is 0 Å². The van der Waals surface area contributed by atoms with Crippen molar-refractivity contribution in [2.45, 2.75) is 6.92 Å². The van der Waals surface area contributed by atoms with Crippen molar-refractivity contribution >= 4 is 5.69 Å². The van der Waals surface area contributed by atoms with Crippen LogP contribution in [0.4, 0.5) is 5.69 Å². The fourth-order valence-corrected chi connectivity index (χ4v) is 1.04. The first kappa shape index (κ1) is 8.71. The summed E-state index contributed by atoms with van der Waals surface area (Å²) in [5, 5.41) is 12.4. The van der Waals surface area contributed by atoms with Gasteiger partial charge in [-0.05, 0) is 19.1 Å². The second kappa shape index (κ2) is 3.85. The van der Waals surface area contributed by atoms with E-state index in [1.165, 1.54) is 0 Å². The van der Waals surface area contributed by atoms with Crippen LogP contribution in [0.2, 0.25) is 0 Å². The first-order valence-electron chi connectivity index (χ1n) is 3.89. The maximum atomic E-state index is 9.41. The molecule has 0 aliphatic rings. The molecule has 66 valence electrons. The van der Waals surface area contributed by atoms with Crippen molar-refractivity contribution in [1.29, 1.82) is 0 Å². The van der Waals surface area contributed by atoms with E-state index in [0.29, 0.717) is 11.4 Å². The summed E-state index contributed by atoms with van der Waals surface area (Å²) in [4.78, 5) is 0. The number of para-hydroxylation sites is 1. The van der Waals surface area contributed by atoms with Crippen LogP contribution in [0.5, 0.6) is 11.5 Å². The highest BCUT2D eigenvalue weighted by molar-refractivity contribution is 5.65. The topological polar surface area (TPSA) is 41.5 Å². The minimum Gasteiger partial charge on any atom is -0.506 e. The zero-order valence-corrected chi connectivity index (χ0v) is 7.29. The zero-order chi connectivity index (χ0) is 8.97. The summed E-state index contributed by atoms with van der Waals surface area (Å²) in [7, 11) is 1.58. The van der Waals surface area contributed by atoms with E-state index >= 15 is 0 Å². The molecule has 12 heavy (non-hydrogen) atoms. The van der Waals surface area contributed by atoms with Crippen LogP contribution in [0.3, 0.4) is 0 Å². The number of nitrogens with one attached hydrogen (secondary N) is 1. The van der Waals surface area contributed by atoms with Gasteiger partial charge in [0, 0.05) is 6.54 Å². The summed E-state index contributed by atoms with van der Waals surface area (Å²) >= 11 is 0. The van der Waals surface area contributed by atoms with E-state index in [4.69, 9.17) is 4.74 Å². The molecule has 0 heterocycles. The Kier molecular flexibility index (Phi) is 2.80. The van der Waals surface area contributed by atoms with E-state index in [1.807, 2.05) is 6.92 Å². The SMILES string of the molecule is CCNc1c(O)cccc1OC. The predicted molar refractivity (Wildman–Crippen MR) is 48.8 cm³/mol.